The molecule has 0 saturated heterocycles. The standard InChI is InChI=1S/C23H25FN2O4/c1-15(2)9-23(27)26(12-16-3-6-18(24)7-4-16)13-19-11-20(25-30-19)17-5-8-21-22(10-17)29-14-28-21/h3-8,10,15,19H,9,11-14H2,1-2H3/t19-/m1/s1. The molecule has 2 aliphatic heterocycles. The number of carbonyl (C=O) groups is 1. The van der Waals surface area contributed by atoms with Crippen molar-refractivity contribution in [2.24, 2.45) is 11.1 Å². The Hall–Kier alpha value is -3.09. The first kappa shape index (κ1) is 20.2. The van der Waals surface area contributed by atoms with Gasteiger partial charge in [-0.2, -0.15) is 0 Å². The third-order valence-electron chi connectivity index (χ3n) is 5.09. The van der Waals surface area contributed by atoms with Gasteiger partial charge in [0, 0.05) is 24.9 Å². The van der Waals surface area contributed by atoms with E-state index in [1.807, 2.05) is 32.0 Å². The van der Waals surface area contributed by atoms with E-state index >= 15 is 0 Å². The summed E-state index contributed by atoms with van der Waals surface area (Å²) < 4.78 is 24.0. The van der Waals surface area contributed by atoms with Gasteiger partial charge in [-0.05, 0) is 41.8 Å². The predicted molar refractivity (Wildman–Crippen MR) is 110 cm³/mol. The van der Waals surface area contributed by atoms with E-state index in [9.17, 15) is 9.18 Å². The SMILES string of the molecule is CC(C)CC(=O)N(Cc1ccc(F)cc1)C[C@H]1CC(c2ccc3c(c2)OCO3)=NO1. The van der Waals surface area contributed by atoms with Gasteiger partial charge in [0.05, 0.1) is 12.3 Å². The molecule has 2 aromatic carbocycles. The molecule has 4 rings (SSSR count). The second-order valence-corrected chi connectivity index (χ2v) is 8.04. The molecule has 0 radical (unpaired) electrons. The Morgan fingerprint density at radius 3 is 2.70 bits per heavy atom. The van der Waals surface area contributed by atoms with E-state index in [0.717, 1.165) is 22.6 Å². The van der Waals surface area contributed by atoms with Crippen LogP contribution in [0.3, 0.4) is 0 Å². The van der Waals surface area contributed by atoms with E-state index in [1.165, 1.54) is 12.1 Å². The predicted octanol–water partition coefficient (Wildman–Crippen LogP) is 4.12. The minimum Gasteiger partial charge on any atom is -0.454 e. The van der Waals surface area contributed by atoms with Crippen LogP contribution in [0.15, 0.2) is 47.6 Å². The second-order valence-electron chi connectivity index (χ2n) is 8.04. The molecule has 158 valence electrons. The van der Waals surface area contributed by atoms with E-state index in [1.54, 1.807) is 17.0 Å². The van der Waals surface area contributed by atoms with Crippen LogP contribution >= 0.6 is 0 Å². The van der Waals surface area contributed by atoms with Crippen molar-refractivity contribution in [3.63, 3.8) is 0 Å². The fraction of sp³-hybridized carbons (Fsp3) is 0.391. The zero-order chi connectivity index (χ0) is 21.1. The molecule has 0 N–H and O–H groups in total. The van der Waals surface area contributed by atoms with E-state index in [4.69, 9.17) is 14.3 Å². The van der Waals surface area contributed by atoms with E-state index < -0.39 is 0 Å². The maximum atomic E-state index is 13.2. The summed E-state index contributed by atoms with van der Waals surface area (Å²) >= 11 is 0. The molecule has 7 heteroatoms. The first-order valence-electron chi connectivity index (χ1n) is 10.1. The quantitative estimate of drug-likeness (QED) is 0.686. The Labute approximate surface area is 175 Å². The molecule has 2 aliphatic rings. The molecule has 0 fully saturated rings. The molecule has 30 heavy (non-hydrogen) atoms. The summed E-state index contributed by atoms with van der Waals surface area (Å²) in [7, 11) is 0. The maximum absolute atomic E-state index is 13.2. The number of ether oxygens (including phenoxy) is 2. The summed E-state index contributed by atoms with van der Waals surface area (Å²) in [6.07, 6.45) is 0.806. The highest BCUT2D eigenvalue weighted by atomic mass is 19.1. The number of amides is 1. The average molecular weight is 412 g/mol. The summed E-state index contributed by atoms with van der Waals surface area (Å²) in [5, 5.41) is 4.24. The van der Waals surface area contributed by atoms with Crippen LogP contribution in [-0.2, 0) is 16.2 Å². The van der Waals surface area contributed by atoms with Gasteiger partial charge in [-0.1, -0.05) is 31.1 Å². The minimum absolute atomic E-state index is 0.0504. The van der Waals surface area contributed by atoms with Crippen molar-refractivity contribution in [1.29, 1.82) is 0 Å². The zero-order valence-corrected chi connectivity index (χ0v) is 17.1. The maximum Gasteiger partial charge on any atom is 0.231 e. The molecule has 0 saturated carbocycles. The number of oxime groups is 1. The summed E-state index contributed by atoms with van der Waals surface area (Å²) in [6, 6.07) is 11.9. The van der Waals surface area contributed by atoms with Crippen molar-refractivity contribution in [2.45, 2.75) is 39.3 Å². The van der Waals surface area contributed by atoms with Crippen LogP contribution in [0.1, 0.15) is 37.8 Å². The van der Waals surface area contributed by atoms with Crippen molar-refractivity contribution >= 4 is 11.6 Å². The summed E-state index contributed by atoms with van der Waals surface area (Å²) in [4.78, 5) is 20.2. The van der Waals surface area contributed by atoms with Gasteiger partial charge in [0.15, 0.2) is 17.6 Å². The molecular weight excluding hydrogens is 387 g/mol. The van der Waals surface area contributed by atoms with E-state index in [0.29, 0.717) is 31.7 Å². The van der Waals surface area contributed by atoms with Gasteiger partial charge in [-0.3, -0.25) is 4.79 Å². The zero-order valence-electron chi connectivity index (χ0n) is 17.1. The number of benzene rings is 2. The molecule has 0 unspecified atom stereocenters. The van der Waals surface area contributed by atoms with E-state index in [-0.39, 0.29) is 30.5 Å². The molecule has 6 nitrogen and oxygen atoms in total. The Balaban J connectivity index is 1.42. The second kappa shape index (κ2) is 8.73. The Kier molecular flexibility index (Phi) is 5.88. The van der Waals surface area contributed by atoms with Crippen molar-refractivity contribution in [1.82, 2.24) is 4.90 Å². The molecule has 0 aliphatic carbocycles. The molecule has 1 atom stereocenters. The number of carbonyl (C=O) groups excluding carboxylic acids is 1. The largest absolute Gasteiger partial charge is 0.454 e. The highest BCUT2D eigenvalue weighted by Gasteiger charge is 2.28. The fourth-order valence-corrected chi connectivity index (χ4v) is 3.56. The van der Waals surface area contributed by atoms with Crippen molar-refractivity contribution in [3.05, 3.63) is 59.4 Å². The first-order chi connectivity index (χ1) is 14.5. The lowest BCUT2D eigenvalue weighted by Crippen LogP contribution is -2.37. The van der Waals surface area contributed by atoms with Gasteiger partial charge >= 0.3 is 0 Å². The molecule has 0 spiro atoms. The molecule has 2 aromatic rings. The van der Waals surface area contributed by atoms with Crippen LogP contribution in [0, 0.1) is 11.7 Å². The highest BCUT2D eigenvalue weighted by Crippen LogP contribution is 2.33. The van der Waals surface area contributed by atoms with Gasteiger partial charge in [-0.15, -0.1) is 0 Å². The van der Waals surface area contributed by atoms with Gasteiger partial charge in [0.2, 0.25) is 12.7 Å². The third-order valence-corrected chi connectivity index (χ3v) is 5.09. The lowest BCUT2D eigenvalue weighted by atomic mass is 10.0. The topological polar surface area (TPSA) is 60.4 Å². The minimum atomic E-state index is -0.292. The normalized spacial score (nSPS) is 17.1. The van der Waals surface area contributed by atoms with Gasteiger partial charge in [-0.25, -0.2) is 4.39 Å². The van der Waals surface area contributed by atoms with Crippen LogP contribution in [0.5, 0.6) is 11.5 Å². The van der Waals surface area contributed by atoms with Gasteiger partial charge in [0.25, 0.3) is 0 Å². The number of hydrogen-bond donors (Lipinski definition) is 0. The summed E-state index contributed by atoms with van der Waals surface area (Å²) in [5.41, 5.74) is 2.61. The van der Waals surface area contributed by atoms with Crippen LogP contribution in [0.2, 0.25) is 0 Å². The summed E-state index contributed by atoms with van der Waals surface area (Å²) in [5.74, 6) is 1.43. The van der Waals surface area contributed by atoms with Gasteiger partial charge in [0.1, 0.15) is 5.82 Å². The lowest BCUT2D eigenvalue weighted by molar-refractivity contribution is -0.134. The fourth-order valence-electron chi connectivity index (χ4n) is 3.56. The summed E-state index contributed by atoms with van der Waals surface area (Å²) in [6.45, 7) is 5.08. The molecule has 0 bridgehead atoms. The average Bonchev–Trinajstić information content (AvgIpc) is 3.37. The molecule has 1 amide bonds. The number of fused-ring (bicyclic) bond motifs is 1. The monoisotopic (exact) mass is 412 g/mol. The number of hydrogen-bond acceptors (Lipinski definition) is 5. The Morgan fingerprint density at radius 2 is 1.93 bits per heavy atom. The lowest BCUT2D eigenvalue weighted by Gasteiger charge is -2.26. The van der Waals surface area contributed by atoms with Crippen molar-refractivity contribution in [2.75, 3.05) is 13.3 Å². The van der Waals surface area contributed by atoms with Crippen molar-refractivity contribution in [3.8, 4) is 11.5 Å². The number of rotatable bonds is 7. The number of nitrogens with zero attached hydrogens (tertiary/aromatic N) is 2. The highest BCUT2D eigenvalue weighted by molar-refractivity contribution is 6.01. The van der Waals surface area contributed by atoms with Crippen LogP contribution < -0.4 is 9.47 Å². The molecular formula is C23H25FN2O4. The molecule has 2 heterocycles. The van der Waals surface area contributed by atoms with Crippen molar-refractivity contribution < 1.29 is 23.5 Å². The van der Waals surface area contributed by atoms with Crippen LogP contribution in [0.25, 0.3) is 0 Å². The Bertz CT molecular complexity index is 943. The number of halogens is 1. The van der Waals surface area contributed by atoms with Crippen LogP contribution in [0.4, 0.5) is 4.39 Å². The Morgan fingerprint density at radius 1 is 1.17 bits per heavy atom. The molecule has 0 aromatic heterocycles. The third kappa shape index (κ3) is 4.72. The van der Waals surface area contributed by atoms with Crippen LogP contribution in [-0.4, -0.2) is 36.0 Å². The smallest absolute Gasteiger partial charge is 0.231 e. The van der Waals surface area contributed by atoms with E-state index in [2.05, 4.69) is 5.16 Å². The van der Waals surface area contributed by atoms with Gasteiger partial charge < -0.3 is 19.2 Å². The first-order valence-corrected chi connectivity index (χ1v) is 10.1.